The molecule has 0 aliphatic carbocycles. The van der Waals surface area contributed by atoms with Crippen LogP contribution < -0.4 is 0 Å². The van der Waals surface area contributed by atoms with E-state index in [9.17, 15) is 0 Å². The molecule has 0 aliphatic heterocycles. The van der Waals surface area contributed by atoms with Gasteiger partial charge >= 0.3 is 0 Å². The van der Waals surface area contributed by atoms with Crippen molar-refractivity contribution in [1.29, 1.82) is 0 Å². The molecular weight excluding hydrogens is 266 g/mol. The van der Waals surface area contributed by atoms with Gasteiger partial charge in [-0.15, -0.1) is 0 Å². The van der Waals surface area contributed by atoms with Gasteiger partial charge in [0.05, 0.1) is 37.3 Å². The van der Waals surface area contributed by atoms with Crippen molar-refractivity contribution in [2.45, 2.75) is 13.2 Å². The molecule has 0 spiro atoms. The summed E-state index contributed by atoms with van der Waals surface area (Å²) in [6, 6.07) is 7.65. The third-order valence-corrected chi connectivity index (χ3v) is 2.95. The van der Waals surface area contributed by atoms with Crippen LogP contribution in [0.5, 0.6) is 0 Å². The molecule has 106 valence electrons. The van der Waals surface area contributed by atoms with Gasteiger partial charge in [-0.25, -0.2) is 9.97 Å². The summed E-state index contributed by atoms with van der Waals surface area (Å²) in [5, 5.41) is 4.30. The Morgan fingerprint density at radius 2 is 2.10 bits per heavy atom. The second-order valence-electron chi connectivity index (χ2n) is 4.46. The van der Waals surface area contributed by atoms with Gasteiger partial charge in [-0.3, -0.25) is 9.67 Å². The first-order valence-electron chi connectivity index (χ1n) is 6.68. The normalized spacial score (nSPS) is 10.7. The molecule has 0 unspecified atom stereocenters. The van der Waals surface area contributed by atoms with Crippen LogP contribution in [0.2, 0.25) is 0 Å². The number of nitrogens with zero attached hydrogens (tertiary/aromatic N) is 5. The van der Waals surface area contributed by atoms with E-state index in [1.165, 1.54) is 6.33 Å². The van der Waals surface area contributed by atoms with Crippen molar-refractivity contribution in [3.8, 4) is 11.3 Å². The highest BCUT2D eigenvalue weighted by Gasteiger charge is 2.02. The van der Waals surface area contributed by atoms with Gasteiger partial charge in [0.2, 0.25) is 0 Å². The van der Waals surface area contributed by atoms with E-state index < -0.39 is 0 Å². The van der Waals surface area contributed by atoms with Gasteiger partial charge < -0.3 is 4.74 Å². The van der Waals surface area contributed by atoms with Crippen LogP contribution in [0.4, 0.5) is 0 Å². The van der Waals surface area contributed by atoms with Crippen LogP contribution in [-0.2, 0) is 17.9 Å². The Bertz CT molecular complexity index is 669. The van der Waals surface area contributed by atoms with Crippen LogP contribution in [0.3, 0.4) is 0 Å². The Morgan fingerprint density at radius 1 is 1.10 bits per heavy atom. The highest BCUT2D eigenvalue weighted by Crippen LogP contribution is 2.13. The van der Waals surface area contributed by atoms with Gasteiger partial charge in [-0.2, -0.15) is 5.10 Å². The molecule has 3 aromatic heterocycles. The minimum absolute atomic E-state index is 0.515. The van der Waals surface area contributed by atoms with Gasteiger partial charge in [-0.1, -0.05) is 6.07 Å². The topological polar surface area (TPSA) is 65.7 Å². The lowest BCUT2D eigenvalue weighted by molar-refractivity contribution is 0.108. The molecular formula is C15H15N5O. The fraction of sp³-hybridized carbons (Fsp3) is 0.200. The lowest BCUT2D eigenvalue weighted by Gasteiger charge is -2.03. The molecule has 21 heavy (non-hydrogen) atoms. The summed E-state index contributed by atoms with van der Waals surface area (Å²) in [4.78, 5) is 12.3. The van der Waals surface area contributed by atoms with E-state index in [-0.39, 0.29) is 0 Å². The maximum atomic E-state index is 5.59. The molecule has 3 heterocycles. The molecule has 0 fully saturated rings. The Kier molecular flexibility index (Phi) is 4.28. The number of rotatable bonds is 6. The number of hydrogen-bond acceptors (Lipinski definition) is 5. The molecule has 0 bridgehead atoms. The number of hydrogen-bond donors (Lipinski definition) is 0. The summed E-state index contributed by atoms with van der Waals surface area (Å²) in [7, 11) is 0. The third-order valence-electron chi connectivity index (χ3n) is 2.95. The molecule has 0 radical (unpaired) electrons. The Labute approximate surface area is 122 Å². The van der Waals surface area contributed by atoms with E-state index in [0.29, 0.717) is 19.8 Å². The number of aromatic nitrogens is 5. The Morgan fingerprint density at radius 3 is 2.90 bits per heavy atom. The van der Waals surface area contributed by atoms with Crippen molar-refractivity contribution < 1.29 is 4.74 Å². The lowest BCUT2D eigenvalue weighted by Crippen LogP contribution is -2.06. The second kappa shape index (κ2) is 6.71. The molecule has 0 aliphatic rings. The first-order valence-corrected chi connectivity index (χ1v) is 6.68. The monoisotopic (exact) mass is 281 g/mol. The second-order valence-corrected chi connectivity index (χ2v) is 4.46. The zero-order chi connectivity index (χ0) is 14.3. The van der Waals surface area contributed by atoms with E-state index >= 15 is 0 Å². The van der Waals surface area contributed by atoms with Crippen LogP contribution in [0.15, 0.2) is 55.4 Å². The molecule has 6 nitrogen and oxygen atoms in total. The van der Waals surface area contributed by atoms with Gasteiger partial charge in [0.25, 0.3) is 0 Å². The minimum atomic E-state index is 0.515. The molecule has 0 amide bonds. The summed E-state index contributed by atoms with van der Waals surface area (Å²) in [6.07, 6.45) is 8.76. The van der Waals surface area contributed by atoms with Crippen molar-refractivity contribution in [2.75, 3.05) is 6.61 Å². The first-order chi connectivity index (χ1) is 10.4. The highest BCUT2D eigenvalue weighted by molar-refractivity contribution is 5.55. The van der Waals surface area contributed by atoms with Crippen LogP contribution in [-0.4, -0.2) is 31.3 Å². The summed E-state index contributed by atoms with van der Waals surface area (Å²) in [5.74, 6) is 0. The summed E-state index contributed by atoms with van der Waals surface area (Å²) >= 11 is 0. The molecule has 0 aromatic carbocycles. The van der Waals surface area contributed by atoms with Crippen molar-refractivity contribution in [3.05, 3.63) is 61.1 Å². The molecule has 3 aromatic rings. The molecule has 0 atom stereocenters. The maximum absolute atomic E-state index is 5.59. The van der Waals surface area contributed by atoms with Crippen molar-refractivity contribution in [2.24, 2.45) is 0 Å². The van der Waals surface area contributed by atoms with Crippen LogP contribution >= 0.6 is 0 Å². The van der Waals surface area contributed by atoms with Crippen LogP contribution in [0.25, 0.3) is 11.3 Å². The van der Waals surface area contributed by atoms with Gasteiger partial charge in [-0.05, 0) is 18.2 Å². The Hall–Kier alpha value is -2.60. The molecule has 0 saturated carbocycles. The SMILES string of the molecule is c1ccc(COCCn2cc(-c3ccncn3)cn2)nc1. The predicted octanol–water partition coefficient (Wildman–Crippen LogP) is 1.95. The van der Waals surface area contributed by atoms with Gasteiger partial charge in [0, 0.05) is 24.2 Å². The standard InChI is InChI=1S/C15H15N5O/c1-2-5-17-14(3-1)11-21-8-7-20-10-13(9-19-20)15-4-6-16-12-18-15/h1-6,9-10,12H,7-8,11H2. The fourth-order valence-electron chi connectivity index (χ4n) is 1.90. The zero-order valence-electron chi connectivity index (χ0n) is 11.5. The predicted molar refractivity (Wildman–Crippen MR) is 77.1 cm³/mol. The van der Waals surface area contributed by atoms with E-state index in [0.717, 1.165) is 17.0 Å². The van der Waals surface area contributed by atoms with Crippen molar-refractivity contribution >= 4 is 0 Å². The van der Waals surface area contributed by atoms with Crippen molar-refractivity contribution in [3.63, 3.8) is 0 Å². The van der Waals surface area contributed by atoms with Crippen LogP contribution in [0.1, 0.15) is 5.69 Å². The quantitative estimate of drug-likeness (QED) is 0.646. The van der Waals surface area contributed by atoms with E-state index in [1.54, 1.807) is 18.6 Å². The summed E-state index contributed by atoms with van der Waals surface area (Å²) < 4.78 is 7.43. The average molecular weight is 281 g/mol. The molecule has 0 N–H and O–H groups in total. The molecule has 6 heteroatoms. The number of pyridine rings is 1. The van der Waals surface area contributed by atoms with Crippen molar-refractivity contribution in [1.82, 2.24) is 24.7 Å². The van der Waals surface area contributed by atoms with Gasteiger partial charge in [0.15, 0.2) is 0 Å². The zero-order valence-corrected chi connectivity index (χ0v) is 11.5. The summed E-state index contributed by atoms with van der Waals surface area (Å²) in [5.41, 5.74) is 2.77. The van der Waals surface area contributed by atoms with Gasteiger partial charge in [0.1, 0.15) is 6.33 Å². The molecule has 3 rings (SSSR count). The summed E-state index contributed by atoms with van der Waals surface area (Å²) in [6.45, 7) is 1.79. The van der Waals surface area contributed by atoms with E-state index in [1.807, 2.05) is 35.1 Å². The smallest absolute Gasteiger partial charge is 0.116 e. The maximum Gasteiger partial charge on any atom is 0.116 e. The van der Waals surface area contributed by atoms with E-state index in [4.69, 9.17) is 4.74 Å². The Balaban J connectivity index is 1.49. The largest absolute Gasteiger partial charge is 0.373 e. The highest BCUT2D eigenvalue weighted by atomic mass is 16.5. The fourth-order valence-corrected chi connectivity index (χ4v) is 1.90. The third kappa shape index (κ3) is 3.70. The van der Waals surface area contributed by atoms with E-state index in [2.05, 4.69) is 20.1 Å². The lowest BCUT2D eigenvalue weighted by atomic mass is 10.2. The minimum Gasteiger partial charge on any atom is -0.373 e. The first kappa shape index (κ1) is 13.4. The average Bonchev–Trinajstić information content (AvgIpc) is 3.02. The van der Waals surface area contributed by atoms with Crippen LogP contribution in [0, 0.1) is 0 Å². The molecule has 0 saturated heterocycles. The number of ether oxygens (including phenoxy) is 1.